The van der Waals surface area contributed by atoms with Crippen molar-refractivity contribution in [2.45, 2.75) is 64.9 Å². The van der Waals surface area contributed by atoms with E-state index in [9.17, 15) is 9.90 Å². The first-order valence-corrected chi connectivity index (χ1v) is 8.68. The minimum absolute atomic E-state index is 0.139. The van der Waals surface area contributed by atoms with Gasteiger partial charge in [0.15, 0.2) is 5.82 Å². The number of nitrogens with zero attached hydrogens (tertiary/aromatic N) is 2. The zero-order valence-corrected chi connectivity index (χ0v) is 14.9. The Kier molecular flexibility index (Phi) is 6.36. The van der Waals surface area contributed by atoms with Gasteiger partial charge in [-0.3, -0.25) is 9.89 Å². The Morgan fingerprint density at radius 2 is 2.12 bits per heavy atom. The number of carbonyl (C=O) groups excluding carboxylic acids is 1. The Balaban J connectivity index is 2.00. The molecule has 0 aliphatic heterocycles. The monoisotopic (exact) mass is 335 g/mol. The molecular formula is C17H29N5O2. The Hall–Kier alpha value is -1.89. The van der Waals surface area contributed by atoms with Gasteiger partial charge in [-0.2, -0.15) is 10.1 Å². The first kappa shape index (κ1) is 18.4. The van der Waals surface area contributed by atoms with Gasteiger partial charge in [-0.25, -0.2) is 0 Å². The number of aromatic nitrogens is 2. The van der Waals surface area contributed by atoms with E-state index in [0.29, 0.717) is 24.1 Å². The number of aliphatic hydroxyl groups is 1. The lowest BCUT2D eigenvalue weighted by Gasteiger charge is -2.21. The SMILES string of the molecule is Cc1cc(N/C(=N\C(=O)CC2CCCCC2)NCC(C)(C)O)n[nH]1. The van der Waals surface area contributed by atoms with E-state index in [1.807, 2.05) is 13.0 Å². The summed E-state index contributed by atoms with van der Waals surface area (Å²) in [6.07, 6.45) is 6.38. The molecule has 0 radical (unpaired) electrons. The lowest BCUT2D eigenvalue weighted by Crippen LogP contribution is -2.41. The molecular weight excluding hydrogens is 306 g/mol. The number of carbonyl (C=O) groups is 1. The van der Waals surface area contributed by atoms with Crippen LogP contribution < -0.4 is 10.6 Å². The number of H-pyrrole nitrogens is 1. The molecule has 0 aromatic carbocycles. The van der Waals surface area contributed by atoms with Gasteiger partial charge in [-0.15, -0.1) is 0 Å². The molecule has 134 valence electrons. The maximum absolute atomic E-state index is 12.3. The van der Waals surface area contributed by atoms with Crippen molar-refractivity contribution < 1.29 is 9.90 Å². The third-order valence-corrected chi connectivity index (χ3v) is 4.07. The predicted octanol–water partition coefficient (Wildman–Crippen LogP) is 2.34. The lowest BCUT2D eigenvalue weighted by molar-refractivity contribution is -0.118. The Bertz CT molecular complexity index is 568. The van der Waals surface area contributed by atoms with Crippen LogP contribution in [0.2, 0.25) is 0 Å². The molecule has 0 saturated heterocycles. The van der Waals surface area contributed by atoms with Crippen LogP contribution in [-0.2, 0) is 4.79 Å². The molecule has 4 N–H and O–H groups in total. The normalized spacial score (nSPS) is 16.9. The fraction of sp³-hybridized carbons (Fsp3) is 0.706. The van der Waals surface area contributed by atoms with E-state index in [0.717, 1.165) is 18.5 Å². The van der Waals surface area contributed by atoms with Gasteiger partial charge in [0.05, 0.1) is 5.60 Å². The molecule has 7 heteroatoms. The third kappa shape index (κ3) is 6.70. The zero-order valence-electron chi connectivity index (χ0n) is 14.9. The molecule has 0 atom stereocenters. The van der Waals surface area contributed by atoms with E-state index in [1.165, 1.54) is 19.3 Å². The summed E-state index contributed by atoms with van der Waals surface area (Å²) < 4.78 is 0. The fourth-order valence-corrected chi connectivity index (χ4v) is 2.82. The van der Waals surface area contributed by atoms with E-state index in [4.69, 9.17) is 0 Å². The maximum atomic E-state index is 12.3. The molecule has 1 saturated carbocycles. The summed E-state index contributed by atoms with van der Waals surface area (Å²) in [6, 6.07) is 1.83. The van der Waals surface area contributed by atoms with Crippen LogP contribution in [0.15, 0.2) is 11.1 Å². The molecule has 1 amide bonds. The zero-order chi connectivity index (χ0) is 17.6. The number of amides is 1. The standard InChI is InChI=1S/C17H29N5O2/c1-12-9-14(22-21-12)19-16(18-11-17(2,3)24)20-15(23)10-13-7-5-4-6-8-13/h9,13,24H,4-8,10-11H2,1-3H3,(H3,18,19,20,21,22,23). The molecule has 24 heavy (non-hydrogen) atoms. The number of aryl methyl sites for hydroxylation is 1. The molecule has 1 aromatic heterocycles. The number of nitrogens with one attached hydrogen (secondary N) is 3. The van der Waals surface area contributed by atoms with Crippen LogP contribution in [0.1, 0.15) is 58.1 Å². The van der Waals surface area contributed by atoms with Crippen LogP contribution in [0, 0.1) is 12.8 Å². The summed E-state index contributed by atoms with van der Waals surface area (Å²) in [5.41, 5.74) is 0.00367. The summed E-state index contributed by atoms with van der Waals surface area (Å²) >= 11 is 0. The second-order valence-corrected chi connectivity index (χ2v) is 7.29. The summed E-state index contributed by atoms with van der Waals surface area (Å²) in [6.45, 7) is 5.56. The molecule has 0 spiro atoms. The minimum Gasteiger partial charge on any atom is -0.389 e. The van der Waals surface area contributed by atoms with Crippen LogP contribution in [0.25, 0.3) is 0 Å². The van der Waals surface area contributed by atoms with Crippen molar-refractivity contribution >= 4 is 17.7 Å². The number of rotatable bonds is 5. The topological polar surface area (TPSA) is 102 Å². The quantitative estimate of drug-likeness (QED) is 0.488. The molecule has 1 aliphatic rings. The average Bonchev–Trinajstić information content (AvgIpc) is 2.90. The van der Waals surface area contributed by atoms with Crippen molar-refractivity contribution in [1.29, 1.82) is 0 Å². The first-order valence-electron chi connectivity index (χ1n) is 8.68. The number of guanidine groups is 1. The van der Waals surface area contributed by atoms with Gasteiger partial charge >= 0.3 is 0 Å². The number of aromatic amines is 1. The van der Waals surface area contributed by atoms with Crippen molar-refractivity contribution in [1.82, 2.24) is 15.5 Å². The van der Waals surface area contributed by atoms with Gasteiger partial charge < -0.3 is 15.7 Å². The highest BCUT2D eigenvalue weighted by Crippen LogP contribution is 2.26. The van der Waals surface area contributed by atoms with E-state index in [2.05, 4.69) is 25.8 Å². The van der Waals surface area contributed by atoms with E-state index in [1.54, 1.807) is 13.8 Å². The number of hydrogen-bond acceptors (Lipinski definition) is 3. The van der Waals surface area contributed by atoms with Crippen molar-refractivity contribution in [2.24, 2.45) is 10.9 Å². The Morgan fingerprint density at radius 3 is 2.71 bits per heavy atom. The average molecular weight is 335 g/mol. The fourth-order valence-electron chi connectivity index (χ4n) is 2.82. The lowest BCUT2D eigenvalue weighted by atomic mass is 9.87. The van der Waals surface area contributed by atoms with Gasteiger partial charge in [0, 0.05) is 24.7 Å². The van der Waals surface area contributed by atoms with Crippen LogP contribution >= 0.6 is 0 Å². The van der Waals surface area contributed by atoms with Gasteiger partial charge in [0.25, 0.3) is 0 Å². The molecule has 1 heterocycles. The van der Waals surface area contributed by atoms with Crippen LogP contribution in [-0.4, -0.2) is 39.3 Å². The van der Waals surface area contributed by atoms with Crippen molar-refractivity contribution in [3.05, 3.63) is 11.8 Å². The second kappa shape index (κ2) is 8.28. The van der Waals surface area contributed by atoms with E-state index < -0.39 is 5.60 Å². The summed E-state index contributed by atoms with van der Waals surface area (Å²) in [4.78, 5) is 16.5. The Morgan fingerprint density at radius 1 is 1.42 bits per heavy atom. The smallest absolute Gasteiger partial charge is 0.249 e. The van der Waals surface area contributed by atoms with Crippen molar-refractivity contribution in [3.8, 4) is 0 Å². The van der Waals surface area contributed by atoms with Crippen LogP contribution in [0.4, 0.5) is 5.82 Å². The summed E-state index contributed by atoms with van der Waals surface area (Å²) in [5, 5.41) is 22.8. The predicted molar refractivity (Wildman–Crippen MR) is 94.9 cm³/mol. The largest absolute Gasteiger partial charge is 0.389 e. The highest BCUT2D eigenvalue weighted by molar-refractivity contribution is 6.00. The number of aliphatic imine (C=N–C) groups is 1. The van der Waals surface area contributed by atoms with Gasteiger partial charge in [0.1, 0.15) is 0 Å². The number of hydrogen-bond donors (Lipinski definition) is 4. The minimum atomic E-state index is -0.906. The molecule has 1 aliphatic carbocycles. The maximum Gasteiger partial charge on any atom is 0.249 e. The highest BCUT2D eigenvalue weighted by Gasteiger charge is 2.18. The molecule has 7 nitrogen and oxygen atoms in total. The first-order chi connectivity index (χ1) is 11.3. The molecule has 0 unspecified atom stereocenters. The third-order valence-electron chi connectivity index (χ3n) is 4.07. The summed E-state index contributed by atoms with van der Waals surface area (Å²) in [7, 11) is 0. The Labute approximate surface area is 143 Å². The number of anilines is 1. The molecule has 2 rings (SSSR count). The molecule has 1 aromatic rings. The van der Waals surface area contributed by atoms with Crippen LogP contribution in [0.5, 0.6) is 0 Å². The van der Waals surface area contributed by atoms with Gasteiger partial charge in [-0.05, 0) is 39.5 Å². The second-order valence-electron chi connectivity index (χ2n) is 7.29. The summed E-state index contributed by atoms with van der Waals surface area (Å²) in [5.74, 6) is 1.21. The van der Waals surface area contributed by atoms with Gasteiger partial charge in [-0.1, -0.05) is 19.3 Å². The van der Waals surface area contributed by atoms with Crippen molar-refractivity contribution in [2.75, 3.05) is 11.9 Å². The molecule has 1 fully saturated rings. The van der Waals surface area contributed by atoms with E-state index in [-0.39, 0.29) is 12.5 Å². The van der Waals surface area contributed by atoms with Crippen molar-refractivity contribution in [3.63, 3.8) is 0 Å². The molecule has 0 bridgehead atoms. The van der Waals surface area contributed by atoms with Crippen LogP contribution in [0.3, 0.4) is 0 Å². The highest BCUT2D eigenvalue weighted by atomic mass is 16.3. The van der Waals surface area contributed by atoms with E-state index >= 15 is 0 Å². The van der Waals surface area contributed by atoms with Gasteiger partial charge in [0.2, 0.25) is 11.9 Å².